The summed E-state index contributed by atoms with van der Waals surface area (Å²) in [7, 11) is 0. The highest BCUT2D eigenvalue weighted by molar-refractivity contribution is 5.92. The van der Waals surface area contributed by atoms with E-state index in [4.69, 9.17) is 0 Å². The van der Waals surface area contributed by atoms with Gasteiger partial charge in [0, 0.05) is 17.6 Å². The zero-order chi connectivity index (χ0) is 15.5. The highest BCUT2D eigenvalue weighted by atomic mass is 16.1. The number of nitrogens with zero attached hydrogens (tertiary/aromatic N) is 3. The molecule has 112 valence electrons. The van der Waals surface area contributed by atoms with Crippen LogP contribution in [0.2, 0.25) is 0 Å². The fraction of sp³-hybridized carbons (Fsp3) is 0.235. The second-order valence-electron chi connectivity index (χ2n) is 5.40. The molecule has 5 heteroatoms. The number of amides is 1. The van der Waals surface area contributed by atoms with Crippen molar-refractivity contribution in [2.75, 3.05) is 0 Å². The molecule has 0 spiro atoms. The molecule has 1 amide bonds. The van der Waals surface area contributed by atoms with Crippen molar-refractivity contribution < 1.29 is 4.79 Å². The van der Waals surface area contributed by atoms with E-state index in [1.807, 2.05) is 28.9 Å². The SMILES string of the molecule is CC(C)n1nc(CNC(=O)c2ccccn2)c2ccccc21. The van der Waals surface area contributed by atoms with E-state index in [1.54, 1.807) is 24.4 Å². The monoisotopic (exact) mass is 294 g/mol. The topological polar surface area (TPSA) is 59.8 Å². The molecule has 0 atom stereocenters. The van der Waals surface area contributed by atoms with Gasteiger partial charge < -0.3 is 5.32 Å². The van der Waals surface area contributed by atoms with Crippen molar-refractivity contribution in [1.29, 1.82) is 0 Å². The molecule has 1 aromatic carbocycles. The first-order chi connectivity index (χ1) is 10.7. The molecule has 0 aliphatic rings. The van der Waals surface area contributed by atoms with Crippen LogP contribution in [-0.4, -0.2) is 20.7 Å². The van der Waals surface area contributed by atoms with Crippen LogP contribution in [0, 0.1) is 0 Å². The smallest absolute Gasteiger partial charge is 0.270 e. The van der Waals surface area contributed by atoms with Gasteiger partial charge in [0.2, 0.25) is 0 Å². The van der Waals surface area contributed by atoms with Gasteiger partial charge in [0.25, 0.3) is 5.91 Å². The molecule has 1 N–H and O–H groups in total. The zero-order valence-corrected chi connectivity index (χ0v) is 12.7. The Labute approximate surface area is 129 Å². The molecule has 3 rings (SSSR count). The van der Waals surface area contributed by atoms with E-state index >= 15 is 0 Å². The predicted octanol–water partition coefficient (Wildman–Crippen LogP) is 2.94. The van der Waals surface area contributed by atoms with Crippen LogP contribution in [0.3, 0.4) is 0 Å². The number of para-hydroxylation sites is 1. The van der Waals surface area contributed by atoms with E-state index in [2.05, 4.69) is 29.2 Å². The average molecular weight is 294 g/mol. The van der Waals surface area contributed by atoms with Gasteiger partial charge in [-0.2, -0.15) is 5.10 Å². The molecule has 5 nitrogen and oxygen atoms in total. The minimum Gasteiger partial charge on any atom is -0.345 e. The van der Waals surface area contributed by atoms with Gasteiger partial charge in [-0.25, -0.2) is 0 Å². The summed E-state index contributed by atoms with van der Waals surface area (Å²) in [4.78, 5) is 16.1. The second-order valence-corrected chi connectivity index (χ2v) is 5.40. The van der Waals surface area contributed by atoms with Gasteiger partial charge in [0.15, 0.2) is 0 Å². The van der Waals surface area contributed by atoms with Crippen molar-refractivity contribution in [3.05, 3.63) is 60.0 Å². The van der Waals surface area contributed by atoms with Crippen molar-refractivity contribution >= 4 is 16.8 Å². The third kappa shape index (κ3) is 2.70. The van der Waals surface area contributed by atoms with Crippen LogP contribution in [0.15, 0.2) is 48.7 Å². The third-order valence-corrected chi connectivity index (χ3v) is 3.49. The van der Waals surface area contributed by atoms with Crippen LogP contribution in [0.25, 0.3) is 10.9 Å². The minimum atomic E-state index is -0.191. The maximum absolute atomic E-state index is 12.1. The summed E-state index contributed by atoms with van der Waals surface area (Å²) in [5, 5.41) is 8.59. The van der Waals surface area contributed by atoms with E-state index in [0.717, 1.165) is 16.6 Å². The van der Waals surface area contributed by atoms with Crippen molar-refractivity contribution in [2.45, 2.75) is 26.4 Å². The van der Waals surface area contributed by atoms with E-state index < -0.39 is 0 Å². The summed E-state index contributed by atoms with van der Waals surface area (Å²) in [6.07, 6.45) is 1.61. The lowest BCUT2D eigenvalue weighted by Gasteiger charge is -2.06. The molecule has 0 aliphatic carbocycles. The number of carbonyl (C=O) groups is 1. The van der Waals surface area contributed by atoms with Crippen molar-refractivity contribution in [2.24, 2.45) is 0 Å². The fourth-order valence-electron chi connectivity index (χ4n) is 2.43. The van der Waals surface area contributed by atoms with E-state index in [9.17, 15) is 4.79 Å². The number of carbonyl (C=O) groups excluding carboxylic acids is 1. The summed E-state index contributed by atoms with van der Waals surface area (Å²) < 4.78 is 1.98. The number of aromatic nitrogens is 3. The Morgan fingerprint density at radius 2 is 1.95 bits per heavy atom. The van der Waals surface area contributed by atoms with Gasteiger partial charge in [-0.15, -0.1) is 0 Å². The minimum absolute atomic E-state index is 0.191. The normalized spacial score (nSPS) is 11.0. The van der Waals surface area contributed by atoms with Crippen molar-refractivity contribution in [3.8, 4) is 0 Å². The predicted molar refractivity (Wildman–Crippen MR) is 85.5 cm³/mol. The van der Waals surface area contributed by atoms with Crippen LogP contribution in [-0.2, 0) is 6.54 Å². The van der Waals surface area contributed by atoms with Gasteiger partial charge in [-0.3, -0.25) is 14.5 Å². The Kier molecular flexibility index (Phi) is 3.87. The molecule has 0 aliphatic heterocycles. The average Bonchev–Trinajstić information content (AvgIpc) is 2.92. The van der Waals surface area contributed by atoms with Gasteiger partial charge in [-0.05, 0) is 32.0 Å². The van der Waals surface area contributed by atoms with Crippen LogP contribution in [0.4, 0.5) is 0 Å². The lowest BCUT2D eigenvalue weighted by atomic mass is 10.2. The number of hydrogen-bond donors (Lipinski definition) is 1. The van der Waals surface area contributed by atoms with Gasteiger partial charge >= 0.3 is 0 Å². The van der Waals surface area contributed by atoms with Crippen molar-refractivity contribution in [1.82, 2.24) is 20.1 Å². The summed E-state index contributed by atoms with van der Waals surface area (Å²) in [5.41, 5.74) is 2.36. The molecule has 22 heavy (non-hydrogen) atoms. The first-order valence-electron chi connectivity index (χ1n) is 7.32. The number of fused-ring (bicyclic) bond motifs is 1. The highest BCUT2D eigenvalue weighted by Gasteiger charge is 2.13. The molecule has 2 aromatic heterocycles. The molecule has 0 radical (unpaired) electrons. The molecule has 0 fully saturated rings. The van der Waals surface area contributed by atoms with Crippen LogP contribution >= 0.6 is 0 Å². The first kappa shape index (κ1) is 14.3. The van der Waals surface area contributed by atoms with E-state index in [0.29, 0.717) is 12.2 Å². The van der Waals surface area contributed by atoms with E-state index in [1.165, 1.54) is 0 Å². The fourth-order valence-corrected chi connectivity index (χ4v) is 2.43. The maximum atomic E-state index is 12.1. The van der Waals surface area contributed by atoms with Crippen LogP contribution in [0.5, 0.6) is 0 Å². The molecule has 0 saturated carbocycles. The largest absolute Gasteiger partial charge is 0.345 e. The summed E-state index contributed by atoms with van der Waals surface area (Å²) >= 11 is 0. The number of pyridine rings is 1. The number of rotatable bonds is 4. The summed E-state index contributed by atoms with van der Waals surface area (Å²) in [6, 6.07) is 13.6. The van der Waals surface area contributed by atoms with Gasteiger partial charge in [0.05, 0.1) is 17.8 Å². The molecule has 2 heterocycles. The zero-order valence-electron chi connectivity index (χ0n) is 12.7. The summed E-state index contributed by atoms with van der Waals surface area (Å²) in [5.74, 6) is -0.191. The lowest BCUT2D eigenvalue weighted by molar-refractivity contribution is 0.0945. The summed E-state index contributed by atoms with van der Waals surface area (Å²) in [6.45, 7) is 4.57. The third-order valence-electron chi connectivity index (χ3n) is 3.49. The number of benzene rings is 1. The Bertz CT molecular complexity index is 793. The molecule has 0 bridgehead atoms. The quantitative estimate of drug-likeness (QED) is 0.805. The molecular weight excluding hydrogens is 276 g/mol. The van der Waals surface area contributed by atoms with Crippen LogP contribution < -0.4 is 5.32 Å². The Morgan fingerprint density at radius 1 is 1.18 bits per heavy atom. The number of nitrogens with one attached hydrogen (secondary N) is 1. The standard InChI is InChI=1S/C17H18N4O/c1-12(2)21-16-9-4-3-7-13(16)15(20-21)11-19-17(22)14-8-5-6-10-18-14/h3-10,12H,11H2,1-2H3,(H,19,22). The van der Waals surface area contributed by atoms with Gasteiger partial charge in [0.1, 0.15) is 5.69 Å². The lowest BCUT2D eigenvalue weighted by Crippen LogP contribution is -2.24. The molecular formula is C17H18N4O. The highest BCUT2D eigenvalue weighted by Crippen LogP contribution is 2.21. The Morgan fingerprint density at radius 3 is 2.68 bits per heavy atom. The van der Waals surface area contributed by atoms with Gasteiger partial charge in [-0.1, -0.05) is 24.3 Å². The number of hydrogen-bond acceptors (Lipinski definition) is 3. The van der Waals surface area contributed by atoms with Crippen molar-refractivity contribution in [3.63, 3.8) is 0 Å². The second kappa shape index (κ2) is 5.97. The Hall–Kier alpha value is -2.69. The van der Waals surface area contributed by atoms with Crippen LogP contribution in [0.1, 0.15) is 36.1 Å². The molecule has 3 aromatic rings. The first-order valence-corrected chi connectivity index (χ1v) is 7.32. The molecule has 0 unspecified atom stereocenters. The maximum Gasteiger partial charge on any atom is 0.270 e. The Balaban J connectivity index is 1.84. The van der Waals surface area contributed by atoms with E-state index in [-0.39, 0.29) is 11.9 Å². The molecule has 0 saturated heterocycles.